The number of alkyl halides is 1. The summed E-state index contributed by atoms with van der Waals surface area (Å²) in [5.74, 6) is 0.199. The van der Waals surface area contributed by atoms with E-state index in [4.69, 9.17) is 0 Å². The van der Waals surface area contributed by atoms with Gasteiger partial charge >= 0.3 is 0 Å². The largest absolute Gasteiger partial charge is 0.338 e. The number of nitrogens with zero attached hydrogens (tertiary/aromatic N) is 2. The van der Waals surface area contributed by atoms with Crippen molar-refractivity contribution in [3.8, 4) is 0 Å². The number of rotatable bonds is 2. The van der Waals surface area contributed by atoms with Crippen molar-refractivity contribution >= 4 is 27.7 Å². The molecule has 18 heavy (non-hydrogen) atoms. The fourth-order valence-corrected chi connectivity index (χ4v) is 3.34. The van der Waals surface area contributed by atoms with Crippen LogP contribution in [0.15, 0.2) is 0 Å². The number of carbonyl (C=O) groups excluding carboxylic acids is 2. The standard InChI is InChI=1S/C13H21BrN2O2/c1-10-5-2-3-7-15(10)13(18)11-6-4-8-16(11)12(17)9-14/h10-11H,2-9H2,1H3/t10-,11+/m1/s1. The van der Waals surface area contributed by atoms with E-state index in [-0.39, 0.29) is 17.9 Å². The van der Waals surface area contributed by atoms with Gasteiger partial charge in [0.25, 0.3) is 0 Å². The van der Waals surface area contributed by atoms with Gasteiger partial charge in [0.2, 0.25) is 11.8 Å². The van der Waals surface area contributed by atoms with Crippen LogP contribution in [-0.2, 0) is 9.59 Å². The van der Waals surface area contributed by atoms with Crippen molar-refractivity contribution in [3.05, 3.63) is 0 Å². The number of piperidine rings is 1. The molecule has 0 radical (unpaired) electrons. The molecule has 0 aromatic carbocycles. The first-order valence-electron chi connectivity index (χ1n) is 6.81. The lowest BCUT2D eigenvalue weighted by Crippen LogP contribution is -2.52. The Balaban J connectivity index is 2.05. The molecule has 2 amide bonds. The van der Waals surface area contributed by atoms with E-state index in [0.717, 1.165) is 38.8 Å². The molecule has 2 fully saturated rings. The molecule has 0 aromatic heterocycles. The van der Waals surface area contributed by atoms with Crippen LogP contribution in [0, 0.1) is 0 Å². The molecule has 2 aliphatic heterocycles. The summed E-state index contributed by atoms with van der Waals surface area (Å²) in [5, 5.41) is 0.312. The van der Waals surface area contributed by atoms with Gasteiger partial charge in [0.05, 0.1) is 5.33 Å². The highest BCUT2D eigenvalue weighted by Crippen LogP contribution is 2.24. The van der Waals surface area contributed by atoms with Crippen molar-refractivity contribution in [3.63, 3.8) is 0 Å². The molecule has 0 aliphatic carbocycles. The second-order valence-electron chi connectivity index (χ2n) is 5.26. The highest BCUT2D eigenvalue weighted by atomic mass is 79.9. The molecule has 4 nitrogen and oxygen atoms in total. The maximum absolute atomic E-state index is 12.6. The lowest BCUT2D eigenvalue weighted by atomic mass is 10.0. The van der Waals surface area contributed by atoms with E-state index in [9.17, 15) is 9.59 Å². The van der Waals surface area contributed by atoms with Crippen molar-refractivity contribution in [2.75, 3.05) is 18.4 Å². The van der Waals surface area contributed by atoms with Gasteiger partial charge in [0.1, 0.15) is 6.04 Å². The Bertz CT molecular complexity index is 335. The zero-order valence-electron chi connectivity index (χ0n) is 10.9. The van der Waals surface area contributed by atoms with Gasteiger partial charge in [0.15, 0.2) is 0 Å². The third-order valence-electron chi connectivity index (χ3n) is 4.06. The molecule has 0 N–H and O–H groups in total. The summed E-state index contributed by atoms with van der Waals surface area (Å²) in [7, 11) is 0. The lowest BCUT2D eigenvalue weighted by Gasteiger charge is -2.37. The first kappa shape index (κ1) is 13.8. The van der Waals surface area contributed by atoms with Crippen molar-refractivity contribution in [1.29, 1.82) is 0 Å². The minimum atomic E-state index is -0.212. The van der Waals surface area contributed by atoms with E-state index in [1.807, 2.05) is 4.90 Å². The fraction of sp³-hybridized carbons (Fsp3) is 0.846. The van der Waals surface area contributed by atoms with Gasteiger partial charge in [-0.2, -0.15) is 0 Å². The molecule has 0 bridgehead atoms. The molecule has 2 rings (SSSR count). The van der Waals surface area contributed by atoms with Crippen LogP contribution in [0.25, 0.3) is 0 Å². The highest BCUT2D eigenvalue weighted by Gasteiger charge is 2.37. The third kappa shape index (κ3) is 2.71. The van der Waals surface area contributed by atoms with E-state index < -0.39 is 0 Å². The average molecular weight is 317 g/mol. The molecule has 5 heteroatoms. The molecule has 2 aliphatic rings. The Morgan fingerprint density at radius 1 is 1.11 bits per heavy atom. The van der Waals surface area contributed by atoms with Crippen LogP contribution in [0.4, 0.5) is 0 Å². The van der Waals surface area contributed by atoms with Crippen molar-refractivity contribution in [1.82, 2.24) is 9.80 Å². The van der Waals surface area contributed by atoms with E-state index in [2.05, 4.69) is 22.9 Å². The van der Waals surface area contributed by atoms with Gasteiger partial charge in [-0.15, -0.1) is 0 Å². The summed E-state index contributed by atoms with van der Waals surface area (Å²) in [4.78, 5) is 28.1. The molecule has 0 spiro atoms. The summed E-state index contributed by atoms with van der Waals surface area (Å²) in [5.41, 5.74) is 0. The molecular formula is C13H21BrN2O2. The van der Waals surface area contributed by atoms with Gasteiger partial charge < -0.3 is 9.80 Å². The summed E-state index contributed by atoms with van der Waals surface area (Å²) >= 11 is 3.19. The van der Waals surface area contributed by atoms with E-state index in [1.165, 1.54) is 6.42 Å². The van der Waals surface area contributed by atoms with Gasteiger partial charge in [-0.25, -0.2) is 0 Å². The molecule has 2 saturated heterocycles. The van der Waals surface area contributed by atoms with Gasteiger partial charge in [0, 0.05) is 19.1 Å². The highest BCUT2D eigenvalue weighted by molar-refractivity contribution is 9.09. The van der Waals surface area contributed by atoms with Gasteiger partial charge in [-0.1, -0.05) is 15.9 Å². The van der Waals surface area contributed by atoms with Gasteiger partial charge in [-0.05, 0) is 39.0 Å². The SMILES string of the molecule is C[C@@H]1CCCCN1C(=O)[C@@H]1CCCN1C(=O)CBr. The minimum Gasteiger partial charge on any atom is -0.338 e. The second-order valence-corrected chi connectivity index (χ2v) is 5.82. The van der Waals surface area contributed by atoms with Crippen LogP contribution < -0.4 is 0 Å². The van der Waals surface area contributed by atoms with Crippen molar-refractivity contribution in [2.45, 2.75) is 51.1 Å². The molecule has 0 aromatic rings. The maximum Gasteiger partial charge on any atom is 0.245 e. The predicted octanol–water partition coefficient (Wildman–Crippen LogP) is 1.77. The van der Waals surface area contributed by atoms with Crippen LogP contribution in [0.5, 0.6) is 0 Å². The Kier molecular flexibility index (Phi) is 4.65. The zero-order chi connectivity index (χ0) is 13.1. The summed E-state index contributed by atoms with van der Waals surface area (Å²) in [6.45, 7) is 3.69. The average Bonchev–Trinajstić information content (AvgIpc) is 2.86. The molecule has 102 valence electrons. The number of amides is 2. The molecule has 0 saturated carbocycles. The number of likely N-dealkylation sites (tertiary alicyclic amines) is 2. The molecule has 2 heterocycles. The molecule has 0 unspecified atom stereocenters. The van der Waals surface area contributed by atoms with Crippen LogP contribution in [-0.4, -0.2) is 52.1 Å². The summed E-state index contributed by atoms with van der Waals surface area (Å²) in [6.07, 6.45) is 5.15. The maximum atomic E-state index is 12.6. The Morgan fingerprint density at radius 2 is 1.83 bits per heavy atom. The van der Waals surface area contributed by atoms with Crippen molar-refractivity contribution in [2.24, 2.45) is 0 Å². The minimum absolute atomic E-state index is 0.0375. The fourth-order valence-electron chi connectivity index (χ4n) is 3.02. The Hall–Kier alpha value is -0.580. The van der Waals surface area contributed by atoms with E-state index in [0.29, 0.717) is 11.4 Å². The number of hydrogen-bond acceptors (Lipinski definition) is 2. The number of hydrogen-bond donors (Lipinski definition) is 0. The second kappa shape index (κ2) is 6.04. The molecule has 2 atom stereocenters. The summed E-state index contributed by atoms with van der Waals surface area (Å²) in [6, 6.07) is 0.114. The first-order chi connectivity index (χ1) is 8.65. The Labute approximate surface area is 117 Å². The number of halogens is 1. The summed E-state index contributed by atoms with van der Waals surface area (Å²) < 4.78 is 0. The quantitative estimate of drug-likeness (QED) is 0.729. The zero-order valence-corrected chi connectivity index (χ0v) is 12.5. The number of carbonyl (C=O) groups is 2. The van der Waals surface area contributed by atoms with E-state index in [1.54, 1.807) is 4.90 Å². The smallest absolute Gasteiger partial charge is 0.245 e. The normalized spacial score (nSPS) is 28.6. The van der Waals surface area contributed by atoms with Crippen LogP contribution in [0.2, 0.25) is 0 Å². The van der Waals surface area contributed by atoms with E-state index >= 15 is 0 Å². The topological polar surface area (TPSA) is 40.6 Å². The predicted molar refractivity (Wildman–Crippen MR) is 73.6 cm³/mol. The third-order valence-corrected chi connectivity index (χ3v) is 4.54. The van der Waals surface area contributed by atoms with Crippen LogP contribution >= 0.6 is 15.9 Å². The van der Waals surface area contributed by atoms with Crippen LogP contribution in [0.1, 0.15) is 39.0 Å². The van der Waals surface area contributed by atoms with Crippen molar-refractivity contribution < 1.29 is 9.59 Å². The molecular weight excluding hydrogens is 296 g/mol. The van der Waals surface area contributed by atoms with Gasteiger partial charge in [-0.3, -0.25) is 9.59 Å². The monoisotopic (exact) mass is 316 g/mol. The first-order valence-corrected chi connectivity index (χ1v) is 7.93. The van der Waals surface area contributed by atoms with Crippen LogP contribution in [0.3, 0.4) is 0 Å². The Morgan fingerprint density at radius 3 is 2.50 bits per heavy atom. The lowest BCUT2D eigenvalue weighted by molar-refractivity contribution is -0.144.